The maximum Gasteiger partial charge on any atom is 0.161 e. The zero-order valence-corrected chi connectivity index (χ0v) is 17.1. The van der Waals surface area contributed by atoms with E-state index in [1.54, 1.807) is 14.2 Å². The van der Waals surface area contributed by atoms with Gasteiger partial charge < -0.3 is 9.47 Å². The Morgan fingerprint density at radius 1 is 1.21 bits per heavy atom. The molecule has 1 aromatic rings. The second kappa shape index (κ2) is 6.98. The maximum absolute atomic E-state index is 10.3. The summed E-state index contributed by atoms with van der Waals surface area (Å²) < 4.78 is 11.2. The Kier molecular flexibility index (Phi) is 4.76. The number of piperidine rings is 1. The second-order valence-electron chi connectivity index (χ2n) is 8.48. The van der Waals surface area contributed by atoms with Gasteiger partial charge in [-0.15, -0.1) is 0 Å². The van der Waals surface area contributed by atoms with E-state index in [-0.39, 0.29) is 16.9 Å². The topological polar surface area (TPSA) is 69.3 Å². The Bertz CT molecular complexity index is 855. The van der Waals surface area contributed by atoms with E-state index >= 15 is 0 Å². The van der Waals surface area contributed by atoms with Crippen LogP contribution in [0.1, 0.15) is 56.6 Å². The van der Waals surface area contributed by atoms with Crippen LogP contribution in [0.25, 0.3) is 0 Å². The van der Waals surface area contributed by atoms with Crippen molar-refractivity contribution in [1.29, 1.82) is 10.5 Å². The molecule has 0 N–H and O–H groups in total. The van der Waals surface area contributed by atoms with Crippen molar-refractivity contribution >= 4 is 0 Å². The fourth-order valence-corrected chi connectivity index (χ4v) is 6.73. The molecular weight excluding hydrogens is 350 g/mol. The summed E-state index contributed by atoms with van der Waals surface area (Å²) >= 11 is 0. The third-order valence-corrected chi connectivity index (χ3v) is 7.86. The van der Waals surface area contributed by atoms with Crippen LogP contribution in [0.2, 0.25) is 0 Å². The minimum atomic E-state index is -0.330. The van der Waals surface area contributed by atoms with Gasteiger partial charge in [-0.25, -0.2) is 0 Å². The molecule has 3 aliphatic heterocycles. The van der Waals surface area contributed by atoms with E-state index in [1.807, 2.05) is 0 Å². The molecule has 148 valence electrons. The van der Waals surface area contributed by atoms with Gasteiger partial charge in [-0.2, -0.15) is 10.5 Å². The summed E-state index contributed by atoms with van der Waals surface area (Å²) in [6.45, 7) is 3.21. The van der Waals surface area contributed by atoms with Crippen LogP contribution in [0.4, 0.5) is 0 Å². The second-order valence-corrected chi connectivity index (χ2v) is 8.48. The van der Waals surface area contributed by atoms with Gasteiger partial charge in [0.05, 0.1) is 37.8 Å². The molecule has 28 heavy (non-hydrogen) atoms. The Labute approximate surface area is 167 Å². The van der Waals surface area contributed by atoms with Gasteiger partial charge in [0, 0.05) is 19.0 Å². The third kappa shape index (κ3) is 2.26. The predicted molar refractivity (Wildman–Crippen MR) is 106 cm³/mol. The first-order valence-corrected chi connectivity index (χ1v) is 10.4. The van der Waals surface area contributed by atoms with Crippen LogP contribution in [0.5, 0.6) is 11.5 Å². The fourth-order valence-electron chi connectivity index (χ4n) is 6.73. The minimum absolute atomic E-state index is 0.0595. The summed E-state index contributed by atoms with van der Waals surface area (Å²) in [6.07, 6.45) is 6.46. The van der Waals surface area contributed by atoms with E-state index in [0.29, 0.717) is 12.5 Å². The highest BCUT2D eigenvalue weighted by atomic mass is 16.5. The van der Waals surface area contributed by atoms with Crippen molar-refractivity contribution in [1.82, 2.24) is 4.90 Å². The number of ether oxygens (including phenoxy) is 2. The van der Waals surface area contributed by atoms with Gasteiger partial charge in [0.25, 0.3) is 0 Å². The summed E-state index contributed by atoms with van der Waals surface area (Å²) in [5.41, 5.74) is 2.12. The van der Waals surface area contributed by atoms with Crippen LogP contribution in [0.3, 0.4) is 0 Å². The first kappa shape index (κ1) is 19.1. The summed E-state index contributed by atoms with van der Waals surface area (Å²) in [6, 6.07) is 9.79. The highest BCUT2D eigenvalue weighted by Gasteiger charge is 2.68. The van der Waals surface area contributed by atoms with Gasteiger partial charge in [0.15, 0.2) is 11.5 Å². The number of fused-ring (bicyclic) bond motifs is 1. The lowest BCUT2D eigenvalue weighted by Crippen LogP contribution is -2.63. The van der Waals surface area contributed by atoms with Crippen molar-refractivity contribution in [2.24, 2.45) is 11.3 Å². The van der Waals surface area contributed by atoms with Crippen LogP contribution >= 0.6 is 0 Å². The Balaban J connectivity index is 2.01. The minimum Gasteiger partial charge on any atom is -0.493 e. The molecule has 0 unspecified atom stereocenters. The summed E-state index contributed by atoms with van der Waals surface area (Å²) in [5.74, 6) is 1.42. The predicted octanol–water partition coefficient (Wildman–Crippen LogP) is 4.16. The van der Waals surface area contributed by atoms with Crippen molar-refractivity contribution in [3.8, 4) is 23.6 Å². The molecule has 0 saturated carbocycles. The summed E-state index contributed by atoms with van der Waals surface area (Å²) in [5, 5.41) is 19.6. The third-order valence-electron chi connectivity index (χ3n) is 7.86. The van der Waals surface area contributed by atoms with Gasteiger partial charge in [-0.1, -0.05) is 6.92 Å². The van der Waals surface area contributed by atoms with E-state index in [2.05, 4.69) is 36.1 Å². The van der Waals surface area contributed by atoms with Crippen molar-refractivity contribution in [2.45, 2.75) is 63.5 Å². The van der Waals surface area contributed by atoms with Gasteiger partial charge in [0.2, 0.25) is 0 Å². The largest absolute Gasteiger partial charge is 0.493 e. The number of nitriles is 2. The van der Waals surface area contributed by atoms with Gasteiger partial charge in [-0.05, 0) is 67.2 Å². The molecule has 3 heterocycles. The zero-order chi connectivity index (χ0) is 19.9. The van der Waals surface area contributed by atoms with Gasteiger partial charge >= 0.3 is 0 Å². The quantitative estimate of drug-likeness (QED) is 0.768. The number of rotatable bonds is 5. The molecule has 0 aliphatic carbocycles. The average Bonchev–Trinajstić information content (AvgIpc) is 3.01. The molecule has 0 spiro atoms. The van der Waals surface area contributed by atoms with E-state index in [1.165, 1.54) is 11.1 Å². The normalized spacial score (nSPS) is 33.3. The van der Waals surface area contributed by atoms with Gasteiger partial charge in [0.1, 0.15) is 0 Å². The lowest BCUT2D eigenvalue weighted by Gasteiger charge is -2.61. The van der Waals surface area contributed by atoms with Crippen LogP contribution in [0.15, 0.2) is 12.1 Å². The highest BCUT2D eigenvalue weighted by Crippen LogP contribution is 2.67. The van der Waals surface area contributed by atoms with Crippen molar-refractivity contribution in [2.75, 3.05) is 20.8 Å². The van der Waals surface area contributed by atoms with Crippen LogP contribution < -0.4 is 9.47 Å². The molecule has 2 bridgehead atoms. The van der Waals surface area contributed by atoms with E-state index in [0.717, 1.165) is 56.6 Å². The molecule has 1 aromatic carbocycles. The monoisotopic (exact) mass is 379 g/mol. The van der Waals surface area contributed by atoms with Gasteiger partial charge in [-0.3, -0.25) is 4.90 Å². The Hall–Kier alpha value is -2.24. The first-order chi connectivity index (χ1) is 13.6. The Morgan fingerprint density at radius 3 is 2.61 bits per heavy atom. The number of methoxy groups -OCH3 is 2. The lowest BCUT2D eigenvalue weighted by atomic mass is 9.53. The van der Waals surface area contributed by atoms with Crippen LogP contribution in [-0.2, 0) is 12.0 Å². The van der Waals surface area contributed by atoms with E-state index in [4.69, 9.17) is 9.47 Å². The van der Waals surface area contributed by atoms with Crippen molar-refractivity contribution in [3.05, 3.63) is 23.3 Å². The van der Waals surface area contributed by atoms with Crippen molar-refractivity contribution < 1.29 is 9.47 Å². The van der Waals surface area contributed by atoms with Crippen molar-refractivity contribution in [3.63, 3.8) is 0 Å². The highest BCUT2D eigenvalue weighted by molar-refractivity contribution is 5.53. The van der Waals surface area contributed by atoms with E-state index in [9.17, 15) is 10.5 Å². The number of nitrogens with zero attached hydrogens (tertiary/aromatic N) is 3. The molecule has 0 aromatic heterocycles. The summed E-state index contributed by atoms with van der Waals surface area (Å²) in [4.78, 5) is 2.64. The van der Waals surface area contributed by atoms with E-state index < -0.39 is 0 Å². The molecule has 0 amide bonds. The Morgan fingerprint density at radius 2 is 1.96 bits per heavy atom. The standard InChI is InChI=1S/C23H29N3O2/c1-4-22(8-5-10-24)9-6-18-13-17(15-25)23(22)19-14-21(28-3)20(27-2)12-16(19)7-11-26(18)23/h12,14,17-18H,4-9,11,13H2,1-3H3/t17-,18+,22-,23-/m1/s1. The molecule has 4 rings (SSSR count). The number of benzene rings is 1. The molecule has 0 radical (unpaired) electrons. The smallest absolute Gasteiger partial charge is 0.161 e. The molecule has 4 atom stereocenters. The lowest BCUT2D eigenvalue weighted by molar-refractivity contribution is -0.0977. The molecule has 2 saturated heterocycles. The SMILES string of the molecule is CC[C@@]1(CCC#N)CC[C@H]2C[C@H](C#N)[C@@]13c1cc(OC)c(OC)cc1CCN23. The fraction of sp³-hybridized carbons (Fsp3) is 0.652. The molecule has 3 aliphatic rings. The molecular formula is C23H29N3O2. The maximum atomic E-state index is 10.3. The number of hydrogen-bond donors (Lipinski definition) is 0. The average molecular weight is 380 g/mol. The number of hydrogen-bond acceptors (Lipinski definition) is 5. The zero-order valence-electron chi connectivity index (χ0n) is 17.1. The molecule has 5 heteroatoms. The summed E-state index contributed by atoms with van der Waals surface area (Å²) in [7, 11) is 3.34. The van der Waals surface area contributed by atoms with Crippen LogP contribution in [0, 0.1) is 34.0 Å². The molecule has 5 nitrogen and oxygen atoms in total. The molecule has 2 fully saturated rings. The first-order valence-electron chi connectivity index (χ1n) is 10.4. The van der Waals surface area contributed by atoms with Crippen LogP contribution in [-0.4, -0.2) is 31.7 Å².